The average molecular weight is 261 g/mol. The van der Waals surface area contributed by atoms with E-state index >= 15 is 0 Å². The van der Waals surface area contributed by atoms with Crippen LogP contribution in [-0.2, 0) is 6.42 Å². The van der Waals surface area contributed by atoms with Crippen molar-refractivity contribution >= 4 is 5.69 Å². The van der Waals surface area contributed by atoms with Crippen molar-refractivity contribution in [2.45, 2.75) is 31.7 Å². The Bertz CT molecular complexity index is 669. The first-order valence-electron chi connectivity index (χ1n) is 7.54. The van der Waals surface area contributed by atoms with Crippen molar-refractivity contribution in [3.05, 3.63) is 65.7 Å². The molecular weight excluding hydrogens is 242 g/mol. The van der Waals surface area contributed by atoms with Gasteiger partial charge in [0.05, 0.1) is 0 Å². The van der Waals surface area contributed by atoms with Gasteiger partial charge in [-0.15, -0.1) is 0 Å². The summed E-state index contributed by atoms with van der Waals surface area (Å²) < 4.78 is 0. The molecule has 1 unspecified atom stereocenters. The first-order valence-corrected chi connectivity index (χ1v) is 7.54. The average Bonchev–Trinajstić information content (AvgIpc) is 2.86. The molecular formula is C19H19N. The van der Waals surface area contributed by atoms with E-state index in [0.29, 0.717) is 6.04 Å². The minimum absolute atomic E-state index is 0.505. The van der Waals surface area contributed by atoms with E-state index in [4.69, 9.17) is 0 Å². The van der Waals surface area contributed by atoms with Crippen LogP contribution in [0.5, 0.6) is 0 Å². The summed E-state index contributed by atoms with van der Waals surface area (Å²) in [7, 11) is 0. The first-order chi connectivity index (χ1) is 9.90. The van der Waals surface area contributed by atoms with Gasteiger partial charge in [0.25, 0.3) is 0 Å². The second kappa shape index (κ2) is 4.82. The molecule has 0 radical (unpaired) electrons. The highest BCUT2D eigenvalue weighted by Crippen LogP contribution is 2.37. The number of rotatable bonds is 2. The van der Waals surface area contributed by atoms with E-state index in [1.54, 1.807) is 0 Å². The van der Waals surface area contributed by atoms with Gasteiger partial charge < -0.3 is 5.32 Å². The zero-order valence-corrected chi connectivity index (χ0v) is 11.6. The van der Waals surface area contributed by atoms with Gasteiger partial charge in [-0.05, 0) is 60.1 Å². The molecule has 0 aliphatic heterocycles. The van der Waals surface area contributed by atoms with Crippen LogP contribution in [0.15, 0.2) is 54.6 Å². The Morgan fingerprint density at radius 3 is 2.75 bits per heavy atom. The summed E-state index contributed by atoms with van der Waals surface area (Å²) in [6.45, 7) is 0. The van der Waals surface area contributed by atoms with Crippen LogP contribution >= 0.6 is 0 Å². The monoisotopic (exact) mass is 261 g/mol. The Hall–Kier alpha value is -2.02. The van der Waals surface area contributed by atoms with Crippen LogP contribution in [0.4, 0.5) is 5.69 Å². The molecule has 0 aromatic heterocycles. The SMILES string of the molecule is C1=CC(Nc2ccc3c(c2)Cc2ccccc2-3)CCC1. The van der Waals surface area contributed by atoms with Gasteiger partial charge in [0.2, 0.25) is 0 Å². The third kappa shape index (κ3) is 2.03. The fourth-order valence-corrected chi connectivity index (χ4v) is 3.38. The molecule has 1 atom stereocenters. The lowest BCUT2D eigenvalue weighted by Crippen LogP contribution is -2.18. The molecule has 2 aromatic carbocycles. The van der Waals surface area contributed by atoms with Crippen molar-refractivity contribution in [3.63, 3.8) is 0 Å². The molecule has 0 fully saturated rings. The van der Waals surface area contributed by atoms with Gasteiger partial charge in [0, 0.05) is 11.7 Å². The number of allylic oxidation sites excluding steroid dienone is 1. The highest BCUT2D eigenvalue weighted by Gasteiger charge is 2.18. The molecule has 0 heterocycles. The Balaban J connectivity index is 1.62. The number of benzene rings is 2. The molecule has 20 heavy (non-hydrogen) atoms. The van der Waals surface area contributed by atoms with Crippen molar-refractivity contribution in [2.75, 3.05) is 5.32 Å². The highest BCUT2D eigenvalue weighted by atomic mass is 14.9. The molecule has 2 aliphatic rings. The molecule has 1 nitrogen and oxygen atoms in total. The molecule has 0 saturated heterocycles. The van der Waals surface area contributed by atoms with Crippen molar-refractivity contribution in [1.29, 1.82) is 0 Å². The number of fused-ring (bicyclic) bond motifs is 3. The minimum atomic E-state index is 0.505. The topological polar surface area (TPSA) is 12.0 Å². The lowest BCUT2D eigenvalue weighted by atomic mass is 10.0. The number of hydrogen-bond donors (Lipinski definition) is 1. The maximum Gasteiger partial charge on any atom is 0.0444 e. The molecule has 0 spiro atoms. The summed E-state index contributed by atoms with van der Waals surface area (Å²) in [6, 6.07) is 16.1. The lowest BCUT2D eigenvalue weighted by Gasteiger charge is -2.19. The molecule has 0 amide bonds. The van der Waals surface area contributed by atoms with Gasteiger partial charge in [-0.1, -0.05) is 42.5 Å². The van der Waals surface area contributed by atoms with Crippen LogP contribution in [0.3, 0.4) is 0 Å². The molecule has 1 N–H and O–H groups in total. The number of anilines is 1. The summed E-state index contributed by atoms with van der Waals surface area (Å²) in [4.78, 5) is 0. The fraction of sp³-hybridized carbons (Fsp3) is 0.263. The van der Waals surface area contributed by atoms with Gasteiger partial charge in [-0.25, -0.2) is 0 Å². The zero-order valence-electron chi connectivity index (χ0n) is 11.6. The van der Waals surface area contributed by atoms with Crippen LogP contribution < -0.4 is 5.32 Å². The molecule has 4 rings (SSSR count). The van der Waals surface area contributed by atoms with E-state index < -0.39 is 0 Å². The highest BCUT2D eigenvalue weighted by molar-refractivity contribution is 5.78. The van der Waals surface area contributed by atoms with E-state index in [-0.39, 0.29) is 0 Å². The van der Waals surface area contributed by atoms with Crippen molar-refractivity contribution in [3.8, 4) is 11.1 Å². The summed E-state index contributed by atoms with van der Waals surface area (Å²) in [5.41, 5.74) is 6.98. The summed E-state index contributed by atoms with van der Waals surface area (Å²) in [5, 5.41) is 3.65. The van der Waals surface area contributed by atoms with Gasteiger partial charge in [-0.3, -0.25) is 0 Å². The Labute approximate surface area is 120 Å². The maximum atomic E-state index is 3.65. The van der Waals surface area contributed by atoms with Gasteiger partial charge in [0.1, 0.15) is 0 Å². The fourth-order valence-electron chi connectivity index (χ4n) is 3.38. The molecule has 2 aromatic rings. The number of nitrogens with one attached hydrogen (secondary N) is 1. The Morgan fingerprint density at radius 1 is 0.950 bits per heavy atom. The van der Waals surface area contributed by atoms with Crippen LogP contribution in [0.2, 0.25) is 0 Å². The quantitative estimate of drug-likeness (QED) is 0.655. The maximum absolute atomic E-state index is 3.65. The summed E-state index contributed by atoms with van der Waals surface area (Å²) >= 11 is 0. The smallest absolute Gasteiger partial charge is 0.0444 e. The molecule has 2 aliphatic carbocycles. The summed E-state index contributed by atoms with van der Waals surface area (Å²) in [6.07, 6.45) is 9.45. The predicted molar refractivity (Wildman–Crippen MR) is 85.1 cm³/mol. The third-order valence-electron chi connectivity index (χ3n) is 4.40. The summed E-state index contributed by atoms with van der Waals surface area (Å²) in [5.74, 6) is 0. The van der Waals surface area contributed by atoms with Crippen LogP contribution in [0.25, 0.3) is 11.1 Å². The van der Waals surface area contributed by atoms with E-state index in [1.165, 1.54) is 47.2 Å². The van der Waals surface area contributed by atoms with Crippen molar-refractivity contribution < 1.29 is 0 Å². The molecule has 1 heteroatoms. The Morgan fingerprint density at radius 2 is 1.85 bits per heavy atom. The molecule has 100 valence electrons. The first kappa shape index (κ1) is 11.8. The van der Waals surface area contributed by atoms with Crippen molar-refractivity contribution in [1.82, 2.24) is 0 Å². The standard InChI is InChI=1S/C19H19N/c1-2-7-16(8-3-1)20-17-10-11-19-15(13-17)12-14-6-4-5-9-18(14)19/h2,4-7,9-11,13,16,20H,1,3,8,12H2. The normalized spacial score (nSPS) is 19.5. The lowest BCUT2D eigenvalue weighted by molar-refractivity contribution is 0.674. The predicted octanol–water partition coefficient (Wildman–Crippen LogP) is 4.78. The van der Waals surface area contributed by atoms with E-state index in [2.05, 4.69) is 59.9 Å². The van der Waals surface area contributed by atoms with E-state index in [1.807, 2.05) is 0 Å². The zero-order chi connectivity index (χ0) is 13.4. The molecule has 0 bridgehead atoms. The van der Waals surface area contributed by atoms with Gasteiger partial charge in [0.15, 0.2) is 0 Å². The second-order valence-electron chi connectivity index (χ2n) is 5.82. The van der Waals surface area contributed by atoms with E-state index in [9.17, 15) is 0 Å². The van der Waals surface area contributed by atoms with Crippen molar-refractivity contribution in [2.24, 2.45) is 0 Å². The Kier molecular flexibility index (Phi) is 2.84. The second-order valence-corrected chi connectivity index (χ2v) is 5.82. The van der Waals surface area contributed by atoms with Gasteiger partial charge in [-0.2, -0.15) is 0 Å². The van der Waals surface area contributed by atoms with Crippen LogP contribution in [0.1, 0.15) is 30.4 Å². The third-order valence-corrected chi connectivity index (χ3v) is 4.40. The van der Waals surface area contributed by atoms with Crippen LogP contribution in [0, 0.1) is 0 Å². The van der Waals surface area contributed by atoms with Crippen LogP contribution in [-0.4, -0.2) is 6.04 Å². The number of hydrogen-bond acceptors (Lipinski definition) is 1. The van der Waals surface area contributed by atoms with Gasteiger partial charge >= 0.3 is 0 Å². The van der Waals surface area contributed by atoms with E-state index in [0.717, 1.165) is 6.42 Å². The minimum Gasteiger partial charge on any atom is -0.379 e. The molecule has 0 saturated carbocycles. The largest absolute Gasteiger partial charge is 0.379 e.